The van der Waals surface area contributed by atoms with Gasteiger partial charge in [-0.3, -0.25) is 0 Å². The molecule has 20 heavy (non-hydrogen) atoms. The summed E-state index contributed by atoms with van der Waals surface area (Å²) in [5, 5.41) is 0. The SMILES string of the molecule is CC(C)c1cc(NN)nc(-c2ccc(C(C)(C)C)s2)n1. The van der Waals surface area contributed by atoms with Crippen LogP contribution in [-0.2, 0) is 5.41 Å². The van der Waals surface area contributed by atoms with E-state index in [2.05, 4.69) is 62.1 Å². The second-order valence-corrected chi connectivity index (χ2v) is 7.30. The number of hydrogen-bond acceptors (Lipinski definition) is 5. The van der Waals surface area contributed by atoms with Crippen LogP contribution in [0.2, 0.25) is 0 Å². The number of hydrazine groups is 1. The van der Waals surface area contributed by atoms with Gasteiger partial charge in [0.05, 0.1) is 4.88 Å². The van der Waals surface area contributed by atoms with Gasteiger partial charge in [-0.1, -0.05) is 34.6 Å². The molecule has 0 fully saturated rings. The predicted octanol–water partition coefficient (Wildman–Crippen LogP) is 3.91. The molecule has 0 aliphatic rings. The molecule has 2 heterocycles. The summed E-state index contributed by atoms with van der Waals surface area (Å²) in [6.07, 6.45) is 0. The van der Waals surface area contributed by atoms with E-state index in [-0.39, 0.29) is 5.41 Å². The Morgan fingerprint density at radius 3 is 2.40 bits per heavy atom. The summed E-state index contributed by atoms with van der Waals surface area (Å²) in [5.74, 6) is 7.24. The van der Waals surface area contributed by atoms with Gasteiger partial charge in [0.15, 0.2) is 5.82 Å². The molecule has 0 aliphatic heterocycles. The number of nitrogens with zero attached hydrogens (tertiary/aromatic N) is 2. The third kappa shape index (κ3) is 3.16. The van der Waals surface area contributed by atoms with E-state index in [1.54, 1.807) is 11.3 Å². The number of anilines is 1. The molecule has 4 nitrogen and oxygen atoms in total. The van der Waals surface area contributed by atoms with E-state index in [9.17, 15) is 0 Å². The minimum atomic E-state index is 0.146. The molecule has 0 amide bonds. The molecule has 0 atom stereocenters. The summed E-state index contributed by atoms with van der Waals surface area (Å²) in [6.45, 7) is 10.9. The Bertz CT molecular complexity index is 596. The molecular formula is C15H22N4S. The van der Waals surface area contributed by atoms with Gasteiger partial charge < -0.3 is 5.43 Å². The lowest BCUT2D eigenvalue weighted by molar-refractivity contribution is 0.604. The van der Waals surface area contributed by atoms with E-state index in [0.29, 0.717) is 11.7 Å². The predicted molar refractivity (Wildman–Crippen MR) is 85.9 cm³/mol. The molecule has 108 valence electrons. The fourth-order valence-corrected chi connectivity index (χ4v) is 2.80. The van der Waals surface area contributed by atoms with Crippen LogP contribution in [0.3, 0.4) is 0 Å². The molecule has 3 N–H and O–H groups in total. The maximum atomic E-state index is 5.50. The topological polar surface area (TPSA) is 63.8 Å². The van der Waals surface area contributed by atoms with Crippen molar-refractivity contribution in [3.05, 3.63) is 28.8 Å². The molecule has 2 aromatic heterocycles. The second kappa shape index (κ2) is 5.50. The Labute approximate surface area is 124 Å². The smallest absolute Gasteiger partial charge is 0.171 e. The minimum absolute atomic E-state index is 0.146. The first-order valence-electron chi connectivity index (χ1n) is 6.77. The first kappa shape index (κ1) is 14.9. The highest BCUT2D eigenvalue weighted by Crippen LogP contribution is 2.34. The zero-order chi connectivity index (χ0) is 14.9. The quantitative estimate of drug-likeness (QED) is 0.664. The number of rotatable bonds is 3. The number of aromatic nitrogens is 2. The van der Waals surface area contributed by atoms with E-state index < -0.39 is 0 Å². The lowest BCUT2D eigenvalue weighted by atomic mass is 9.95. The molecule has 0 saturated heterocycles. The average molecular weight is 290 g/mol. The van der Waals surface area contributed by atoms with Crippen LogP contribution < -0.4 is 11.3 Å². The van der Waals surface area contributed by atoms with Crippen LogP contribution >= 0.6 is 11.3 Å². The zero-order valence-electron chi connectivity index (χ0n) is 12.7. The van der Waals surface area contributed by atoms with Gasteiger partial charge in [-0.2, -0.15) is 0 Å². The molecule has 5 heteroatoms. The molecule has 0 unspecified atom stereocenters. The first-order valence-corrected chi connectivity index (χ1v) is 7.59. The number of nitrogens with one attached hydrogen (secondary N) is 1. The van der Waals surface area contributed by atoms with Crippen LogP contribution in [-0.4, -0.2) is 9.97 Å². The van der Waals surface area contributed by atoms with Gasteiger partial charge in [0, 0.05) is 16.6 Å². The van der Waals surface area contributed by atoms with Crippen LogP contribution in [0, 0.1) is 0 Å². The van der Waals surface area contributed by atoms with Crippen molar-refractivity contribution < 1.29 is 0 Å². The Hall–Kier alpha value is -1.46. The van der Waals surface area contributed by atoms with Crippen LogP contribution in [0.5, 0.6) is 0 Å². The van der Waals surface area contributed by atoms with Crippen molar-refractivity contribution in [2.24, 2.45) is 5.84 Å². The van der Waals surface area contributed by atoms with E-state index in [4.69, 9.17) is 5.84 Å². The highest BCUT2D eigenvalue weighted by molar-refractivity contribution is 7.15. The number of hydrogen-bond donors (Lipinski definition) is 2. The van der Waals surface area contributed by atoms with Gasteiger partial charge in [0.25, 0.3) is 0 Å². The maximum Gasteiger partial charge on any atom is 0.171 e. The minimum Gasteiger partial charge on any atom is -0.308 e. The molecule has 0 bridgehead atoms. The number of nitrogens with two attached hydrogens (primary N) is 1. The molecule has 2 aromatic rings. The highest BCUT2D eigenvalue weighted by Gasteiger charge is 2.18. The number of nitrogen functional groups attached to an aromatic ring is 1. The Kier molecular flexibility index (Phi) is 4.11. The molecule has 2 rings (SSSR count). The van der Waals surface area contributed by atoms with Crippen LogP contribution in [0.25, 0.3) is 10.7 Å². The fourth-order valence-electron chi connectivity index (χ4n) is 1.81. The summed E-state index contributed by atoms with van der Waals surface area (Å²) in [7, 11) is 0. The molecule has 0 spiro atoms. The maximum absolute atomic E-state index is 5.50. The lowest BCUT2D eigenvalue weighted by Gasteiger charge is -2.15. The van der Waals surface area contributed by atoms with Crippen molar-refractivity contribution in [2.45, 2.75) is 46.0 Å². The van der Waals surface area contributed by atoms with Gasteiger partial charge >= 0.3 is 0 Å². The Morgan fingerprint density at radius 1 is 1.20 bits per heavy atom. The van der Waals surface area contributed by atoms with Crippen molar-refractivity contribution in [3.8, 4) is 10.7 Å². The van der Waals surface area contributed by atoms with E-state index in [1.807, 2.05) is 6.07 Å². The Morgan fingerprint density at radius 2 is 1.90 bits per heavy atom. The summed E-state index contributed by atoms with van der Waals surface area (Å²) >= 11 is 1.74. The van der Waals surface area contributed by atoms with Crippen molar-refractivity contribution in [2.75, 3.05) is 5.43 Å². The molecule has 0 saturated carbocycles. The summed E-state index contributed by atoms with van der Waals surface area (Å²) in [6, 6.07) is 6.14. The van der Waals surface area contributed by atoms with Gasteiger partial charge in [-0.25, -0.2) is 15.8 Å². The molecular weight excluding hydrogens is 268 g/mol. The molecule has 0 radical (unpaired) electrons. The standard InChI is InChI=1S/C15H22N4S/c1-9(2)10-8-13(19-16)18-14(17-10)11-6-7-12(20-11)15(3,4)5/h6-9H,16H2,1-5H3,(H,17,18,19). The van der Waals surface area contributed by atoms with Crippen LogP contribution in [0.4, 0.5) is 5.82 Å². The normalized spacial score (nSPS) is 11.9. The van der Waals surface area contributed by atoms with E-state index in [0.717, 1.165) is 16.4 Å². The van der Waals surface area contributed by atoms with Crippen molar-refractivity contribution in [3.63, 3.8) is 0 Å². The van der Waals surface area contributed by atoms with Crippen molar-refractivity contribution in [1.29, 1.82) is 0 Å². The highest BCUT2D eigenvalue weighted by atomic mass is 32.1. The molecule has 0 aliphatic carbocycles. The molecule has 0 aromatic carbocycles. The summed E-state index contributed by atoms with van der Waals surface area (Å²) in [4.78, 5) is 11.5. The van der Waals surface area contributed by atoms with E-state index >= 15 is 0 Å². The zero-order valence-corrected chi connectivity index (χ0v) is 13.5. The fraction of sp³-hybridized carbons (Fsp3) is 0.467. The van der Waals surface area contributed by atoms with Crippen LogP contribution in [0.1, 0.15) is 51.1 Å². The van der Waals surface area contributed by atoms with Gasteiger partial charge in [-0.15, -0.1) is 11.3 Å². The average Bonchev–Trinajstić information content (AvgIpc) is 2.87. The number of thiophene rings is 1. The third-order valence-corrected chi connectivity index (χ3v) is 4.56. The Balaban J connectivity index is 2.46. The van der Waals surface area contributed by atoms with E-state index in [1.165, 1.54) is 4.88 Å². The van der Waals surface area contributed by atoms with Crippen molar-refractivity contribution >= 4 is 17.2 Å². The van der Waals surface area contributed by atoms with Crippen molar-refractivity contribution in [1.82, 2.24) is 9.97 Å². The van der Waals surface area contributed by atoms with Gasteiger partial charge in [-0.05, 0) is 23.5 Å². The third-order valence-electron chi connectivity index (χ3n) is 3.05. The second-order valence-electron chi connectivity index (χ2n) is 6.21. The summed E-state index contributed by atoms with van der Waals surface area (Å²) in [5.41, 5.74) is 3.76. The largest absolute Gasteiger partial charge is 0.308 e. The summed E-state index contributed by atoms with van der Waals surface area (Å²) < 4.78 is 0. The van der Waals surface area contributed by atoms with Gasteiger partial charge in [0.1, 0.15) is 5.82 Å². The first-order chi connectivity index (χ1) is 9.31. The monoisotopic (exact) mass is 290 g/mol. The van der Waals surface area contributed by atoms with Crippen LogP contribution in [0.15, 0.2) is 18.2 Å². The lowest BCUT2D eigenvalue weighted by Crippen LogP contribution is -2.10. The van der Waals surface area contributed by atoms with Gasteiger partial charge in [0.2, 0.25) is 0 Å².